The average molecular weight is 226 g/mol. The van der Waals surface area contributed by atoms with E-state index < -0.39 is 0 Å². The van der Waals surface area contributed by atoms with Crippen LogP contribution in [0.5, 0.6) is 0 Å². The predicted octanol–water partition coefficient (Wildman–Crippen LogP) is 2.40. The van der Waals surface area contributed by atoms with Crippen molar-refractivity contribution in [3.63, 3.8) is 0 Å². The second kappa shape index (κ2) is 5.31. The van der Waals surface area contributed by atoms with Crippen LogP contribution in [0.1, 0.15) is 30.5 Å². The quantitative estimate of drug-likeness (QED) is 0.632. The van der Waals surface area contributed by atoms with Crippen molar-refractivity contribution in [2.24, 2.45) is 0 Å². The zero-order valence-corrected chi connectivity index (χ0v) is 9.56. The van der Waals surface area contributed by atoms with Gasteiger partial charge in [-0.25, -0.2) is 9.97 Å². The summed E-state index contributed by atoms with van der Waals surface area (Å²) in [5.74, 6) is 1.71. The third-order valence-corrected chi connectivity index (χ3v) is 3.00. The van der Waals surface area contributed by atoms with Gasteiger partial charge in [-0.2, -0.15) is 0 Å². The van der Waals surface area contributed by atoms with Crippen molar-refractivity contribution >= 4 is 17.4 Å². The molecule has 0 fully saturated rings. The topological polar surface area (TPSA) is 37.8 Å². The van der Waals surface area contributed by atoms with E-state index in [1.54, 1.807) is 6.33 Å². The standard InChI is InChI=1S/C11H16ClN3/c12-6-3-7-13-11-9-4-1-2-5-10(9)14-8-15-11/h8H,1-7H2,(H,13,14,15). The Bertz CT molecular complexity index is 328. The molecule has 1 aliphatic carbocycles. The van der Waals surface area contributed by atoms with Crippen LogP contribution in [-0.4, -0.2) is 22.4 Å². The third-order valence-electron chi connectivity index (χ3n) is 2.73. The lowest BCUT2D eigenvalue weighted by molar-refractivity contribution is 0.663. The van der Waals surface area contributed by atoms with Gasteiger partial charge in [0.1, 0.15) is 12.1 Å². The number of hydrogen-bond donors (Lipinski definition) is 1. The molecule has 0 aliphatic heterocycles. The Balaban J connectivity index is 2.09. The van der Waals surface area contributed by atoms with E-state index >= 15 is 0 Å². The highest BCUT2D eigenvalue weighted by atomic mass is 35.5. The van der Waals surface area contributed by atoms with Gasteiger partial charge < -0.3 is 5.32 Å². The first-order valence-electron chi connectivity index (χ1n) is 5.54. The van der Waals surface area contributed by atoms with Crippen LogP contribution in [0.25, 0.3) is 0 Å². The van der Waals surface area contributed by atoms with Gasteiger partial charge in [-0.05, 0) is 32.1 Å². The van der Waals surface area contributed by atoms with Gasteiger partial charge in [0.25, 0.3) is 0 Å². The minimum absolute atomic E-state index is 0.695. The number of anilines is 1. The first-order valence-corrected chi connectivity index (χ1v) is 6.08. The van der Waals surface area contributed by atoms with Crippen LogP contribution < -0.4 is 5.32 Å². The second-order valence-corrected chi connectivity index (χ2v) is 4.20. The molecule has 2 rings (SSSR count). The number of aryl methyl sites for hydroxylation is 1. The van der Waals surface area contributed by atoms with Crippen LogP contribution in [0.2, 0.25) is 0 Å². The molecule has 0 saturated carbocycles. The van der Waals surface area contributed by atoms with E-state index in [4.69, 9.17) is 11.6 Å². The lowest BCUT2D eigenvalue weighted by Crippen LogP contribution is -2.13. The summed E-state index contributed by atoms with van der Waals surface area (Å²) in [4.78, 5) is 8.63. The minimum Gasteiger partial charge on any atom is -0.370 e. The zero-order valence-electron chi connectivity index (χ0n) is 8.80. The van der Waals surface area contributed by atoms with E-state index in [-0.39, 0.29) is 0 Å². The van der Waals surface area contributed by atoms with Gasteiger partial charge in [0.15, 0.2) is 0 Å². The Hall–Kier alpha value is -0.830. The Labute approximate surface area is 95.3 Å². The molecule has 0 saturated heterocycles. The van der Waals surface area contributed by atoms with Gasteiger partial charge in [-0.1, -0.05) is 0 Å². The molecule has 0 atom stereocenters. The zero-order chi connectivity index (χ0) is 10.5. The highest BCUT2D eigenvalue weighted by Gasteiger charge is 2.14. The van der Waals surface area contributed by atoms with Crippen molar-refractivity contribution in [1.82, 2.24) is 9.97 Å². The molecule has 0 amide bonds. The average Bonchev–Trinajstić information content (AvgIpc) is 2.30. The summed E-state index contributed by atoms with van der Waals surface area (Å²) < 4.78 is 0. The monoisotopic (exact) mass is 225 g/mol. The van der Waals surface area contributed by atoms with Crippen LogP contribution in [0.3, 0.4) is 0 Å². The summed E-state index contributed by atoms with van der Waals surface area (Å²) >= 11 is 5.64. The summed E-state index contributed by atoms with van der Waals surface area (Å²) in [6, 6.07) is 0. The first-order chi connectivity index (χ1) is 7.42. The summed E-state index contributed by atoms with van der Waals surface area (Å²) in [6.07, 6.45) is 7.35. The number of aromatic nitrogens is 2. The number of nitrogens with zero attached hydrogens (tertiary/aromatic N) is 2. The van der Waals surface area contributed by atoms with Gasteiger partial charge in [-0.15, -0.1) is 11.6 Å². The number of rotatable bonds is 4. The molecular weight excluding hydrogens is 210 g/mol. The van der Waals surface area contributed by atoms with Gasteiger partial charge in [0.05, 0.1) is 0 Å². The number of halogens is 1. The number of hydrogen-bond acceptors (Lipinski definition) is 3. The molecule has 1 aromatic rings. The Morgan fingerprint density at radius 3 is 3.00 bits per heavy atom. The third kappa shape index (κ3) is 2.59. The van der Waals surface area contributed by atoms with Crippen molar-refractivity contribution in [3.05, 3.63) is 17.6 Å². The molecule has 0 radical (unpaired) electrons. The fourth-order valence-corrected chi connectivity index (χ4v) is 2.08. The van der Waals surface area contributed by atoms with Crippen LogP contribution >= 0.6 is 11.6 Å². The number of fused-ring (bicyclic) bond motifs is 1. The van der Waals surface area contributed by atoms with Crippen LogP contribution in [-0.2, 0) is 12.8 Å². The van der Waals surface area contributed by atoms with E-state index in [9.17, 15) is 0 Å². The van der Waals surface area contributed by atoms with Crippen molar-refractivity contribution in [1.29, 1.82) is 0 Å². The predicted molar refractivity (Wildman–Crippen MR) is 62.5 cm³/mol. The van der Waals surface area contributed by atoms with E-state index in [0.29, 0.717) is 5.88 Å². The molecule has 3 nitrogen and oxygen atoms in total. The summed E-state index contributed by atoms with van der Waals surface area (Å²) in [5.41, 5.74) is 2.54. The largest absolute Gasteiger partial charge is 0.370 e. The lowest BCUT2D eigenvalue weighted by Gasteiger charge is -2.17. The van der Waals surface area contributed by atoms with Crippen molar-refractivity contribution in [2.45, 2.75) is 32.1 Å². The van der Waals surface area contributed by atoms with E-state index in [2.05, 4.69) is 15.3 Å². The van der Waals surface area contributed by atoms with Crippen molar-refractivity contribution in [3.8, 4) is 0 Å². The van der Waals surface area contributed by atoms with E-state index in [0.717, 1.165) is 31.6 Å². The number of alkyl halides is 1. The number of nitrogens with one attached hydrogen (secondary N) is 1. The molecule has 4 heteroatoms. The Kier molecular flexibility index (Phi) is 3.78. The maximum absolute atomic E-state index is 5.64. The van der Waals surface area contributed by atoms with Crippen LogP contribution in [0, 0.1) is 0 Å². The molecule has 0 bridgehead atoms. The summed E-state index contributed by atoms with van der Waals surface area (Å²) in [6.45, 7) is 0.896. The summed E-state index contributed by atoms with van der Waals surface area (Å²) in [5, 5.41) is 3.34. The van der Waals surface area contributed by atoms with Crippen molar-refractivity contribution < 1.29 is 0 Å². The maximum Gasteiger partial charge on any atom is 0.132 e. The van der Waals surface area contributed by atoms with Crippen LogP contribution in [0.15, 0.2) is 6.33 Å². The van der Waals surface area contributed by atoms with Gasteiger partial charge in [0.2, 0.25) is 0 Å². The highest BCUT2D eigenvalue weighted by molar-refractivity contribution is 6.17. The van der Waals surface area contributed by atoms with Crippen molar-refractivity contribution in [2.75, 3.05) is 17.7 Å². The fraction of sp³-hybridized carbons (Fsp3) is 0.636. The Morgan fingerprint density at radius 1 is 1.27 bits per heavy atom. The van der Waals surface area contributed by atoms with Crippen LogP contribution in [0.4, 0.5) is 5.82 Å². The molecule has 1 heterocycles. The smallest absolute Gasteiger partial charge is 0.132 e. The molecular formula is C11H16ClN3. The van der Waals surface area contributed by atoms with Gasteiger partial charge >= 0.3 is 0 Å². The second-order valence-electron chi connectivity index (χ2n) is 3.82. The molecule has 0 aromatic carbocycles. The van der Waals surface area contributed by atoms with E-state index in [1.807, 2.05) is 0 Å². The van der Waals surface area contributed by atoms with Gasteiger partial charge in [-0.3, -0.25) is 0 Å². The highest BCUT2D eigenvalue weighted by Crippen LogP contribution is 2.24. The SMILES string of the molecule is ClCCCNc1ncnc2c1CCCC2. The fourth-order valence-electron chi connectivity index (χ4n) is 1.95. The molecule has 15 heavy (non-hydrogen) atoms. The molecule has 0 unspecified atom stereocenters. The molecule has 0 spiro atoms. The van der Waals surface area contributed by atoms with E-state index in [1.165, 1.54) is 24.1 Å². The summed E-state index contributed by atoms with van der Waals surface area (Å²) in [7, 11) is 0. The first kappa shape index (κ1) is 10.7. The molecule has 1 aromatic heterocycles. The lowest BCUT2D eigenvalue weighted by atomic mass is 9.96. The minimum atomic E-state index is 0.695. The molecule has 1 aliphatic rings. The van der Waals surface area contributed by atoms with Gasteiger partial charge in [0, 0.05) is 23.7 Å². The Morgan fingerprint density at radius 2 is 2.13 bits per heavy atom. The molecule has 1 N–H and O–H groups in total. The molecule has 82 valence electrons. The normalized spacial score (nSPS) is 14.7. The maximum atomic E-state index is 5.64.